The van der Waals surface area contributed by atoms with Gasteiger partial charge in [0.25, 0.3) is 0 Å². The number of benzene rings is 1. The van der Waals surface area contributed by atoms with Gasteiger partial charge in [-0.15, -0.1) is 0 Å². The van der Waals surface area contributed by atoms with Crippen molar-refractivity contribution in [3.63, 3.8) is 0 Å². The minimum absolute atomic E-state index is 0.0501. The number of nitrogens with two attached hydrogens (primary N) is 1. The van der Waals surface area contributed by atoms with Crippen LogP contribution in [0.4, 0.5) is 8.78 Å². The predicted molar refractivity (Wildman–Crippen MR) is 65.5 cm³/mol. The molecule has 3 unspecified atom stereocenters. The Balaban J connectivity index is 1.71. The number of hydrazine groups is 1. The van der Waals surface area contributed by atoms with Crippen molar-refractivity contribution in [3.05, 3.63) is 35.4 Å². The molecule has 0 radical (unpaired) electrons. The lowest BCUT2D eigenvalue weighted by atomic mass is 9.90. The summed E-state index contributed by atoms with van der Waals surface area (Å²) in [5.74, 6) is 6.30. The summed E-state index contributed by atoms with van der Waals surface area (Å²) in [7, 11) is 0. The van der Waals surface area contributed by atoms with Gasteiger partial charge in [-0.2, -0.15) is 0 Å². The number of rotatable bonds is 4. The molecule has 0 bridgehead atoms. The average Bonchev–Trinajstić information content (AvgIpc) is 2.98. The van der Waals surface area contributed by atoms with Crippen LogP contribution in [0.2, 0.25) is 0 Å². The van der Waals surface area contributed by atoms with Gasteiger partial charge < -0.3 is 0 Å². The van der Waals surface area contributed by atoms with E-state index in [1.165, 1.54) is 19.3 Å². The molecule has 2 aliphatic rings. The summed E-state index contributed by atoms with van der Waals surface area (Å²) < 4.78 is 26.8. The lowest BCUT2D eigenvalue weighted by Crippen LogP contribution is -2.42. The molecule has 4 heteroatoms. The Hall–Kier alpha value is -1.00. The molecule has 0 amide bonds. The molecule has 3 rings (SSSR count). The van der Waals surface area contributed by atoms with Crippen LogP contribution in [0.5, 0.6) is 0 Å². The average molecular weight is 252 g/mol. The molecule has 2 aliphatic carbocycles. The molecule has 2 nitrogen and oxygen atoms in total. The third-order valence-corrected chi connectivity index (χ3v) is 4.53. The summed E-state index contributed by atoms with van der Waals surface area (Å²) in [5, 5.41) is 0. The Morgan fingerprint density at radius 1 is 1.22 bits per heavy atom. The summed E-state index contributed by atoms with van der Waals surface area (Å²) in [5.41, 5.74) is 3.21. The van der Waals surface area contributed by atoms with Crippen LogP contribution in [0.25, 0.3) is 0 Å². The molecule has 2 fully saturated rings. The minimum Gasteiger partial charge on any atom is -0.271 e. The maximum atomic E-state index is 13.6. The number of halogens is 2. The van der Waals surface area contributed by atoms with E-state index in [-0.39, 0.29) is 6.04 Å². The minimum atomic E-state index is -0.780. The zero-order chi connectivity index (χ0) is 12.7. The molecular formula is C14H18F2N2. The maximum absolute atomic E-state index is 13.6. The highest BCUT2D eigenvalue weighted by atomic mass is 19.2. The van der Waals surface area contributed by atoms with Crippen molar-refractivity contribution < 1.29 is 8.78 Å². The second-order valence-electron chi connectivity index (χ2n) is 5.68. The highest BCUT2D eigenvalue weighted by Crippen LogP contribution is 2.55. The largest absolute Gasteiger partial charge is 0.271 e. The fourth-order valence-corrected chi connectivity index (χ4v) is 3.39. The van der Waals surface area contributed by atoms with E-state index in [0.29, 0.717) is 17.9 Å². The molecule has 1 aromatic rings. The molecule has 3 N–H and O–H groups in total. The van der Waals surface area contributed by atoms with Crippen LogP contribution in [0, 0.1) is 29.4 Å². The molecule has 1 aromatic carbocycles. The van der Waals surface area contributed by atoms with E-state index in [1.54, 1.807) is 12.1 Å². The van der Waals surface area contributed by atoms with Gasteiger partial charge in [0.2, 0.25) is 0 Å². The summed E-state index contributed by atoms with van der Waals surface area (Å²) in [4.78, 5) is 0. The van der Waals surface area contributed by atoms with Crippen molar-refractivity contribution in [2.45, 2.75) is 31.7 Å². The summed E-state index contributed by atoms with van der Waals surface area (Å²) >= 11 is 0. The Morgan fingerprint density at radius 2 is 1.94 bits per heavy atom. The van der Waals surface area contributed by atoms with Crippen LogP contribution < -0.4 is 11.3 Å². The highest BCUT2D eigenvalue weighted by Gasteiger charge is 2.47. The normalized spacial score (nSPS) is 31.2. The summed E-state index contributed by atoms with van der Waals surface area (Å²) in [6.07, 6.45) is 4.17. The van der Waals surface area contributed by atoms with Gasteiger partial charge in [0.05, 0.1) is 0 Å². The number of hydrogen-bond acceptors (Lipinski definition) is 2. The van der Waals surface area contributed by atoms with E-state index in [2.05, 4.69) is 5.43 Å². The first kappa shape index (κ1) is 12.1. The van der Waals surface area contributed by atoms with E-state index in [9.17, 15) is 8.78 Å². The van der Waals surface area contributed by atoms with Crippen molar-refractivity contribution >= 4 is 0 Å². The first-order valence-electron chi connectivity index (χ1n) is 6.58. The zero-order valence-corrected chi connectivity index (χ0v) is 10.2. The van der Waals surface area contributed by atoms with E-state index in [0.717, 1.165) is 17.9 Å². The maximum Gasteiger partial charge on any atom is 0.162 e. The molecule has 0 aliphatic heterocycles. The molecule has 2 saturated carbocycles. The molecule has 0 heterocycles. The Kier molecular flexibility index (Phi) is 3.08. The van der Waals surface area contributed by atoms with Crippen molar-refractivity contribution in [1.29, 1.82) is 0 Å². The van der Waals surface area contributed by atoms with E-state index in [4.69, 9.17) is 5.84 Å². The van der Waals surface area contributed by atoms with Gasteiger partial charge in [-0.1, -0.05) is 12.1 Å². The number of hydrogen-bond donors (Lipinski definition) is 2. The topological polar surface area (TPSA) is 38.0 Å². The van der Waals surface area contributed by atoms with Crippen LogP contribution >= 0.6 is 0 Å². The van der Waals surface area contributed by atoms with Crippen LogP contribution in [0.3, 0.4) is 0 Å². The quantitative estimate of drug-likeness (QED) is 0.638. The Bertz CT molecular complexity index is 439. The zero-order valence-electron chi connectivity index (χ0n) is 10.2. The fourth-order valence-electron chi connectivity index (χ4n) is 3.39. The smallest absolute Gasteiger partial charge is 0.162 e. The summed E-state index contributed by atoms with van der Waals surface area (Å²) in [6, 6.07) is 4.38. The molecular weight excluding hydrogens is 234 g/mol. The fraction of sp³-hybridized carbons (Fsp3) is 0.571. The first-order valence-corrected chi connectivity index (χ1v) is 6.58. The molecule has 0 saturated heterocycles. The molecule has 0 spiro atoms. The van der Waals surface area contributed by atoms with Gasteiger partial charge in [-0.05, 0) is 55.1 Å². The third-order valence-electron chi connectivity index (χ3n) is 4.53. The third kappa shape index (κ3) is 2.15. The molecule has 98 valence electrons. The number of fused-ring (bicyclic) bond motifs is 1. The highest BCUT2D eigenvalue weighted by molar-refractivity contribution is 5.20. The Morgan fingerprint density at radius 3 is 2.61 bits per heavy atom. The van der Waals surface area contributed by atoms with E-state index in [1.807, 2.05) is 0 Å². The van der Waals surface area contributed by atoms with Crippen LogP contribution in [-0.4, -0.2) is 6.04 Å². The van der Waals surface area contributed by atoms with Crippen molar-refractivity contribution in [2.75, 3.05) is 0 Å². The lowest BCUT2D eigenvalue weighted by Gasteiger charge is -2.24. The van der Waals surface area contributed by atoms with Crippen LogP contribution in [0.15, 0.2) is 18.2 Å². The van der Waals surface area contributed by atoms with Crippen LogP contribution in [0.1, 0.15) is 24.8 Å². The van der Waals surface area contributed by atoms with Crippen molar-refractivity contribution in [1.82, 2.24) is 5.43 Å². The lowest BCUT2D eigenvalue weighted by molar-refractivity contribution is 0.332. The number of nitrogens with one attached hydrogen (secondary N) is 1. The van der Waals surface area contributed by atoms with Crippen molar-refractivity contribution in [2.24, 2.45) is 23.6 Å². The molecule has 3 atom stereocenters. The van der Waals surface area contributed by atoms with Gasteiger partial charge in [0.15, 0.2) is 11.6 Å². The SMILES string of the molecule is NNC(Cc1cccc(F)c1F)C1CC2CC2C1. The van der Waals surface area contributed by atoms with Gasteiger partial charge >= 0.3 is 0 Å². The van der Waals surface area contributed by atoms with E-state index < -0.39 is 11.6 Å². The van der Waals surface area contributed by atoms with Gasteiger partial charge in [0, 0.05) is 6.04 Å². The standard InChI is InChI=1S/C14H18F2N2/c15-12-3-1-2-8(14(12)16)7-13(18-17)11-5-9-4-10(9)6-11/h1-3,9-11,13,18H,4-7,17H2. The van der Waals surface area contributed by atoms with E-state index >= 15 is 0 Å². The van der Waals surface area contributed by atoms with Crippen molar-refractivity contribution in [3.8, 4) is 0 Å². The van der Waals surface area contributed by atoms with Gasteiger partial charge in [0.1, 0.15) is 0 Å². The van der Waals surface area contributed by atoms with Gasteiger partial charge in [-0.25, -0.2) is 8.78 Å². The first-order chi connectivity index (χ1) is 8.69. The second kappa shape index (κ2) is 4.59. The summed E-state index contributed by atoms with van der Waals surface area (Å²) in [6.45, 7) is 0. The predicted octanol–water partition coefficient (Wildman–Crippen LogP) is 2.39. The molecule has 18 heavy (non-hydrogen) atoms. The Labute approximate surface area is 106 Å². The monoisotopic (exact) mass is 252 g/mol. The second-order valence-corrected chi connectivity index (χ2v) is 5.68. The van der Waals surface area contributed by atoms with Gasteiger partial charge in [-0.3, -0.25) is 11.3 Å². The van der Waals surface area contributed by atoms with Crippen LogP contribution in [-0.2, 0) is 6.42 Å². The molecule has 0 aromatic heterocycles.